The molecule has 0 heterocycles. The number of carbonyl (C=O) groups excluding carboxylic acids is 1. The fraction of sp³-hybridized carbons (Fsp3) is 0.440. The lowest BCUT2D eigenvalue weighted by Gasteiger charge is -2.34. The van der Waals surface area contributed by atoms with Crippen molar-refractivity contribution in [3.05, 3.63) is 209 Å². The molecule has 3 aliphatic carbocycles. The Labute approximate surface area is 562 Å². The molecule has 93 heavy (non-hydrogen) atoms. The molecule has 0 fully saturated rings. The highest BCUT2D eigenvalue weighted by Crippen LogP contribution is 2.60. The Morgan fingerprint density at radius 1 is 0.290 bits per heavy atom. The summed E-state index contributed by atoms with van der Waals surface area (Å²) in [4.78, 5) is 12.2. The predicted molar refractivity (Wildman–Crippen MR) is 400 cm³/mol. The molecule has 0 N–H and O–H groups in total. The average Bonchev–Trinajstić information content (AvgIpc) is 1.60. The highest BCUT2D eigenvalue weighted by atomic mass is 16.5. The smallest absolute Gasteiger partial charge is 0.338 e. The first-order valence-electron chi connectivity index (χ1n) is 37.5. The van der Waals surface area contributed by atoms with Crippen LogP contribution in [0, 0.1) is 0 Å². The molecule has 0 bridgehead atoms. The van der Waals surface area contributed by atoms with Crippen molar-refractivity contribution in [2.24, 2.45) is 0 Å². The minimum Gasteiger partial charge on any atom is -0.423 e. The number of unbranched alkanes of at least 4 members (excludes halogenated alkanes) is 18. The molecular formula is C91H110O2. The maximum atomic E-state index is 12.2. The van der Waals surface area contributed by atoms with Crippen LogP contribution in [0.4, 0.5) is 0 Å². The summed E-state index contributed by atoms with van der Waals surface area (Å²) in [6, 6.07) is 64.8. The van der Waals surface area contributed by atoms with Gasteiger partial charge in [-0.3, -0.25) is 0 Å². The number of hydrogen-bond acceptors (Lipinski definition) is 2. The van der Waals surface area contributed by atoms with Crippen LogP contribution in [0.25, 0.3) is 77.9 Å². The van der Waals surface area contributed by atoms with E-state index in [9.17, 15) is 4.79 Å². The van der Waals surface area contributed by atoms with Crippen molar-refractivity contribution in [2.45, 2.75) is 257 Å². The SMILES string of the molecule is C=C(C)C(=O)Oc1ccc(-c2ccc(-c3ccc4c(c3)C(CCCCCC)(CCCCCC)c3cc(-c5ccc6c(c5)C(CCCCCC)(CCCCCC)c5cc(-c7ccc8c(c7)C(CCCCCC)(CCCCCC)c7ccccc7-8)ccc5-6)ccc3-4)cc2)cc1. The molecule has 3 aliphatic rings. The van der Waals surface area contributed by atoms with Gasteiger partial charge in [0.25, 0.3) is 0 Å². The van der Waals surface area contributed by atoms with Crippen molar-refractivity contribution in [1.82, 2.24) is 0 Å². The van der Waals surface area contributed by atoms with Gasteiger partial charge in [-0.2, -0.15) is 0 Å². The molecule has 0 saturated heterocycles. The fourth-order valence-electron chi connectivity index (χ4n) is 17.2. The monoisotopic (exact) mass is 1230 g/mol. The summed E-state index contributed by atoms with van der Waals surface area (Å²) >= 11 is 0. The van der Waals surface area contributed by atoms with Crippen molar-refractivity contribution >= 4 is 5.97 Å². The third-order valence-electron chi connectivity index (χ3n) is 22.4. The van der Waals surface area contributed by atoms with E-state index in [2.05, 4.69) is 188 Å². The maximum Gasteiger partial charge on any atom is 0.338 e. The van der Waals surface area contributed by atoms with Gasteiger partial charge < -0.3 is 4.74 Å². The number of hydrogen-bond donors (Lipinski definition) is 0. The van der Waals surface area contributed by atoms with Gasteiger partial charge in [0.15, 0.2) is 0 Å². The first-order chi connectivity index (χ1) is 45.6. The minimum absolute atomic E-state index is 0.0543. The number of esters is 1. The fourth-order valence-corrected chi connectivity index (χ4v) is 17.2. The van der Waals surface area contributed by atoms with Crippen LogP contribution in [-0.2, 0) is 21.0 Å². The summed E-state index contributed by atoms with van der Waals surface area (Å²) in [6.07, 6.45) is 37.7. The first-order valence-corrected chi connectivity index (χ1v) is 37.5. The van der Waals surface area contributed by atoms with E-state index >= 15 is 0 Å². The number of benzene rings is 8. The van der Waals surface area contributed by atoms with E-state index in [0.29, 0.717) is 11.3 Å². The molecule has 0 aliphatic heterocycles. The van der Waals surface area contributed by atoms with Gasteiger partial charge in [0.05, 0.1) is 0 Å². The van der Waals surface area contributed by atoms with Crippen LogP contribution in [0.1, 0.15) is 274 Å². The molecule has 8 aromatic carbocycles. The average molecular weight is 1240 g/mol. The summed E-state index contributed by atoms with van der Waals surface area (Å²) in [6.45, 7) is 19.6. The standard InChI is InChI=1S/C91H110O2/c1-9-15-21-29-55-89(56-30-22-16-10-2)82-36-28-27-35-76(82)77-51-44-71(62-83(77)89)72-45-53-80-81-54-47-74(65-87(81)91(86(80)63-72,59-33-25-19-13-5)60-34-26-20-14-6)73-46-52-79-78-50-43-70(61-84(78)90(85(79)64-73,57-31-23-17-11-3)58-32-24-18-12-4)69-39-37-67(38-40-69)68-41-48-75(49-42-68)93-88(92)66(7)8/h27-28,35-54,61-65H,7,9-26,29-34,55-60H2,1-6,8H3. The lowest BCUT2D eigenvalue weighted by Crippen LogP contribution is -2.26. The Bertz CT molecular complexity index is 3770. The van der Waals surface area contributed by atoms with Gasteiger partial charge in [-0.05, 0) is 199 Å². The predicted octanol–water partition coefficient (Wildman–Crippen LogP) is 27.5. The molecule has 8 aromatic rings. The maximum absolute atomic E-state index is 12.2. The van der Waals surface area contributed by atoms with Crippen molar-refractivity contribution in [3.63, 3.8) is 0 Å². The molecule has 2 heteroatoms. The van der Waals surface area contributed by atoms with Gasteiger partial charge in [0, 0.05) is 21.8 Å². The summed E-state index contributed by atoms with van der Waals surface area (Å²) in [7, 11) is 0. The molecule has 0 aromatic heterocycles. The van der Waals surface area contributed by atoms with Gasteiger partial charge >= 0.3 is 5.97 Å². The number of carbonyl (C=O) groups is 1. The van der Waals surface area contributed by atoms with Crippen LogP contribution in [0.3, 0.4) is 0 Å². The third kappa shape index (κ3) is 14.2. The third-order valence-corrected chi connectivity index (χ3v) is 22.4. The van der Waals surface area contributed by atoms with E-state index in [1.54, 1.807) is 34.7 Å². The molecule has 2 nitrogen and oxygen atoms in total. The topological polar surface area (TPSA) is 26.3 Å². The van der Waals surface area contributed by atoms with E-state index in [0.717, 1.165) is 11.1 Å². The van der Waals surface area contributed by atoms with E-state index in [4.69, 9.17) is 4.74 Å². The summed E-state index contributed by atoms with van der Waals surface area (Å²) in [5, 5.41) is 0. The first kappa shape index (κ1) is 67.4. The Morgan fingerprint density at radius 3 is 0.817 bits per heavy atom. The second-order valence-corrected chi connectivity index (χ2v) is 28.7. The van der Waals surface area contributed by atoms with Crippen molar-refractivity contribution in [1.29, 1.82) is 0 Å². The van der Waals surface area contributed by atoms with E-state index in [-0.39, 0.29) is 16.2 Å². The Morgan fingerprint density at radius 2 is 0.527 bits per heavy atom. The normalized spacial score (nSPS) is 14.1. The van der Waals surface area contributed by atoms with Gasteiger partial charge in [-0.15, -0.1) is 0 Å². The summed E-state index contributed by atoms with van der Waals surface area (Å²) < 4.78 is 5.51. The highest BCUT2D eigenvalue weighted by molar-refractivity contribution is 5.91. The Hall–Kier alpha value is -7.03. The van der Waals surface area contributed by atoms with Crippen molar-refractivity contribution < 1.29 is 9.53 Å². The van der Waals surface area contributed by atoms with Gasteiger partial charge in [0.2, 0.25) is 0 Å². The zero-order valence-electron chi connectivity index (χ0n) is 58.3. The molecule has 0 atom stereocenters. The van der Waals surface area contributed by atoms with Gasteiger partial charge in [-0.25, -0.2) is 4.79 Å². The number of fused-ring (bicyclic) bond motifs is 9. The highest BCUT2D eigenvalue weighted by Gasteiger charge is 2.46. The molecular weight excluding hydrogens is 1120 g/mol. The molecule has 0 saturated carbocycles. The number of rotatable bonds is 36. The largest absolute Gasteiger partial charge is 0.423 e. The Kier molecular flexibility index (Phi) is 22.8. The second kappa shape index (κ2) is 31.5. The van der Waals surface area contributed by atoms with Crippen LogP contribution in [0.5, 0.6) is 5.75 Å². The molecule has 0 radical (unpaired) electrons. The molecule has 0 unspecified atom stereocenters. The minimum atomic E-state index is -0.404. The molecule has 0 amide bonds. The summed E-state index contributed by atoms with van der Waals surface area (Å²) in [5.41, 5.74) is 28.7. The number of ether oxygens (including phenoxy) is 1. The Balaban J connectivity index is 0.988. The molecule has 486 valence electrons. The lowest BCUT2D eigenvalue weighted by atomic mass is 9.69. The van der Waals surface area contributed by atoms with Crippen LogP contribution in [0.2, 0.25) is 0 Å². The lowest BCUT2D eigenvalue weighted by molar-refractivity contribution is -0.130. The van der Waals surface area contributed by atoms with Crippen LogP contribution in [0.15, 0.2) is 176 Å². The van der Waals surface area contributed by atoms with E-state index in [1.807, 2.05) is 24.3 Å². The summed E-state index contributed by atoms with van der Waals surface area (Å²) in [5.74, 6) is 0.122. The second-order valence-electron chi connectivity index (χ2n) is 28.7. The zero-order valence-corrected chi connectivity index (χ0v) is 58.3. The van der Waals surface area contributed by atoms with Crippen LogP contribution >= 0.6 is 0 Å². The zero-order chi connectivity index (χ0) is 64.8. The van der Waals surface area contributed by atoms with Crippen LogP contribution < -0.4 is 4.74 Å². The van der Waals surface area contributed by atoms with Gasteiger partial charge in [-0.1, -0.05) is 324 Å². The van der Waals surface area contributed by atoms with Crippen molar-refractivity contribution in [3.8, 4) is 83.6 Å². The molecule has 11 rings (SSSR count). The van der Waals surface area contributed by atoms with Crippen molar-refractivity contribution in [2.75, 3.05) is 0 Å². The van der Waals surface area contributed by atoms with E-state index < -0.39 is 5.97 Å². The van der Waals surface area contributed by atoms with Crippen LogP contribution in [-0.4, -0.2) is 5.97 Å². The quantitative estimate of drug-likeness (QED) is 0.0169. The molecule has 0 spiro atoms. The van der Waals surface area contributed by atoms with E-state index in [1.165, 1.54) is 265 Å². The van der Waals surface area contributed by atoms with Gasteiger partial charge in [0.1, 0.15) is 5.75 Å².